The van der Waals surface area contributed by atoms with Crippen LogP contribution in [0.1, 0.15) is 17.3 Å². The Labute approximate surface area is 143 Å². The Morgan fingerprint density at radius 1 is 1.38 bits per heavy atom. The lowest BCUT2D eigenvalue weighted by atomic mass is 10.1. The molecule has 130 valence electrons. The van der Waals surface area contributed by atoms with Crippen molar-refractivity contribution in [1.29, 1.82) is 0 Å². The molecule has 1 aromatic heterocycles. The number of carboxylic acid groups (broad SMARTS) is 1. The lowest BCUT2D eigenvalue weighted by molar-refractivity contribution is 0.0695. The van der Waals surface area contributed by atoms with Gasteiger partial charge in [0.2, 0.25) is 5.43 Å². The van der Waals surface area contributed by atoms with Gasteiger partial charge >= 0.3 is 5.97 Å². The maximum atomic E-state index is 12.4. The second kappa shape index (κ2) is 8.14. The molecular weight excluding hydrogens is 336 g/mol. The van der Waals surface area contributed by atoms with Crippen LogP contribution in [0.5, 0.6) is 0 Å². The Morgan fingerprint density at radius 3 is 2.75 bits per heavy atom. The van der Waals surface area contributed by atoms with Crippen molar-refractivity contribution in [2.24, 2.45) is 0 Å². The molecule has 8 heteroatoms. The molecule has 0 aliphatic heterocycles. The molecule has 2 rings (SSSR count). The fourth-order valence-corrected chi connectivity index (χ4v) is 2.61. The van der Waals surface area contributed by atoms with Crippen LogP contribution in [0.4, 0.5) is 5.69 Å². The number of hydrogen-bond donors (Lipinski definition) is 3. The average molecular weight is 355 g/mol. The normalized spacial score (nSPS) is 11.0. The van der Waals surface area contributed by atoms with Gasteiger partial charge in [0.25, 0.3) is 0 Å². The molecule has 1 aromatic carbocycles. The van der Waals surface area contributed by atoms with Crippen LogP contribution in [0, 0.1) is 0 Å². The monoisotopic (exact) mass is 354 g/mol. The Morgan fingerprint density at radius 2 is 2.12 bits per heavy atom. The Balaban J connectivity index is 2.42. The van der Waals surface area contributed by atoms with E-state index < -0.39 is 11.4 Å². The molecular formula is C16H19ClN2O5. The van der Waals surface area contributed by atoms with Crippen molar-refractivity contribution < 1.29 is 19.7 Å². The number of nitrogens with zero attached hydrogens (tertiary/aromatic N) is 1. The third kappa shape index (κ3) is 3.87. The van der Waals surface area contributed by atoms with Crippen LogP contribution >= 0.6 is 11.6 Å². The maximum absolute atomic E-state index is 12.4. The van der Waals surface area contributed by atoms with Crippen LogP contribution in [0.3, 0.4) is 0 Å². The summed E-state index contributed by atoms with van der Waals surface area (Å²) in [7, 11) is 0. The first-order valence-corrected chi connectivity index (χ1v) is 7.89. The van der Waals surface area contributed by atoms with E-state index in [4.69, 9.17) is 21.4 Å². The number of aliphatic hydroxyl groups excluding tert-OH is 1. The fraction of sp³-hybridized carbons (Fsp3) is 0.375. The summed E-state index contributed by atoms with van der Waals surface area (Å²) in [5, 5.41) is 21.6. The number of fused-ring (bicyclic) bond motifs is 1. The molecule has 0 saturated carbocycles. The summed E-state index contributed by atoms with van der Waals surface area (Å²) < 4.78 is 6.82. The Kier molecular flexibility index (Phi) is 6.19. The summed E-state index contributed by atoms with van der Waals surface area (Å²) in [4.78, 5) is 23.7. The largest absolute Gasteiger partial charge is 0.477 e. The molecule has 0 amide bonds. The number of halogens is 1. The highest BCUT2D eigenvalue weighted by atomic mass is 35.5. The van der Waals surface area contributed by atoms with Crippen LogP contribution in [0.15, 0.2) is 23.1 Å². The number of pyridine rings is 1. The van der Waals surface area contributed by atoms with Crippen molar-refractivity contribution in [3.63, 3.8) is 0 Å². The molecule has 1 heterocycles. The van der Waals surface area contributed by atoms with Gasteiger partial charge in [0.15, 0.2) is 0 Å². The highest BCUT2D eigenvalue weighted by Crippen LogP contribution is 2.27. The zero-order chi connectivity index (χ0) is 17.7. The second-order valence-corrected chi connectivity index (χ2v) is 5.48. The van der Waals surface area contributed by atoms with E-state index in [1.807, 2.05) is 6.92 Å². The number of aliphatic hydroxyl groups is 1. The molecule has 0 spiro atoms. The SMILES string of the molecule is CCn1cc(C(=O)O)c(=O)c2cc(NCCOCCO)c(Cl)cc21. The number of ether oxygens (including phenoxy) is 1. The molecule has 0 unspecified atom stereocenters. The van der Waals surface area contributed by atoms with Crippen LogP contribution in [-0.4, -0.2) is 47.1 Å². The summed E-state index contributed by atoms with van der Waals surface area (Å²) in [5.41, 5.74) is 0.293. The number of nitrogens with one attached hydrogen (secondary N) is 1. The molecule has 0 fully saturated rings. The zero-order valence-corrected chi connectivity index (χ0v) is 14.0. The number of anilines is 1. The van der Waals surface area contributed by atoms with E-state index in [1.165, 1.54) is 6.20 Å². The number of aromatic carboxylic acids is 1. The minimum absolute atomic E-state index is 0.0503. The zero-order valence-electron chi connectivity index (χ0n) is 13.2. The number of hydrogen-bond acceptors (Lipinski definition) is 5. The van der Waals surface area contributed by atoms with Crippen molar-refractivity contribution in [3.05, 3.63) is 39.1 Å². The van der Waals surface area contributed by atoms with Crippen molar-refractivity contribution >= 4 is 34.2 Å². The van der Waals surface area contributed by atoms with E-state index >= 15 is 0 Å². The van der Waals surface area contributed by atoms with Gasteiger partial charge in [-0.25, -0.2) is 4.79 Å². The van der Waals surface area contributed by atoms with Gasteiger partial charge in [0, 0.05) is 24.7 Å². The molecule has 0 radical (unpaired) electrons. The van der Waals surface area contributed by atoms with Gasteiger partial charge in [0.1, 0.15) is 5.56 Å². The summed E-state index contributed by atoms with van der Waals surface area (Å²) in [6.45, 7) is 3.36. The van der Waals surface area contributed by atoms with Crippen LogP contribution in [-0.2, 0) is 11.3 Å². The van der Waals surface area contributed by atoms with Gasteiger partial charge in [-0.05, 0) is 19.1 Å². The van der Waals surface area contributed by atoms with E-state index in [0.29, 0.717) is 41.3 Å². The predicted octanol–water partition coefficient (Wildman–Crippen LogP) is 1.79. The highest BCUT2D eigenvalue weighted by molar-refractivity contribution is 6.34. The van der Waals surface area contributed by atoms with Crippen molar-refractivity contribution in [2.45, 2.75) is 13.5 Å². The van der Waals surface area contributed by atoms with Crippen molar-refractivity contribution in [3.8, 4) is 0 Å². The number of carboxylic acids is 1. The average Bonchev–Trinajstić information content (AvgIpc) is 2.55. The molecule has 0 saturated heterocycles. The molecule has 0 aliphatic carbocycles. The minimum Gasteiger partial charge on any atom is -0.477 e. The molecule has 3 N–H and O–H groups in total. The first-order valence-electron chi connectivity index (χ1n) is 7.52. The standard InChI is InChI=1S/C16H19ClN2O5/c1-2-19-9-11(16(22)23)15(21)10-7-13(12(17)8-14(10)19)18-3-5-24-6-4-20/h7-9,18,20H,2-6H2,1H3,(H,22,23). The first-order chi connectivity index (χ1) is 11.5. The van der Waals surface area contributed by atoms with Crippen LogP contribution in [0.25, 0.3) is 10.9 Å². The van der Waals surface area contributed by atoms with Gasteiger partial charge in [0.05, 0.1) is 36.0 Å². The Bertz CT molecular complexity index is 803. The van der Waals surface area contributed by atoms with E-state index in [9.17, 15) is 14.7 Å². The summed E-state index contributed by atoms with van der Waals surface area (Å²) in [6.07, 6.45) is 1.33. The lowest BCUT2D eigenvalue weighted by Gasteiger charge is -2.14. The second-order valence-electron chi connectivity index (χ2n) is 5.08. The first kappa shape index (κ1) is 18.3. The van der Waals surface area contributed by atoms with Gasteiger partial charge in [-0.15, -0.1) is 0 Å². The van der Waals surface area contributed by atoms with Crippen LogP contribution in [0.2, 0.25) is 5.02 Å². The summed E-state index contributed by atoms with van der Waals surface area (Å²) in [5.74, 6) is -1.26. The maximum Gasteiger partial charge on any atom is 0.341 e. The number of aromatic nitrogens is 1. The minimum atomic E-state index is -1.26. The van der Waals surface area contributed by atoms with Crippen molar-refractivity contribution in [2.75, 3.05) is 31.7 Å². The molecule has 0 aliphatic rings. The van der Waals surface area contributed by atoms with Gasteiger partial charge in [-0.3, -0.25) is 4.79 Å². The quantitative estimate of drug-likeness (QED) is 0.625. The number of aryl methyl sites for hydroxylation is 1. The number of benzene rings is 1. The van der Waals surface area contributed by atoms with E-state index in [0.717, 1.165) is 0 Å². The van der Waals surface area contributed by atoms with E-state index in [2.05, 4.69) is 5.32 Å². The summed E-state index contributed by atoms with van der Waals surface area (Å²) >= 11 is 6.25. The van der Waals surface area contributed by atoms with Gasteiger partial charge < -0.3 is 24.8 Å². The smallest absolute Gasteiger partial charge is 0.341 e. The lowest BCUT2D eigenvalue weighted by Crippen LogP contribution is -2.19. The topological polar surface area (TPSA) is 101 Å². The number of rotatable bonds is 8. The van der Waals surface area contributed by atoms with Gasteiger partial charge in [-0.1, -0.05) is 11.6 Å². The molecule has 7 nitrogen and oxygen atoms in total. The third-order valence-electron chi connectivity index (χ3n) is 3.54. The highest BCUT2D eigenvalue weighted by Gasteiger charge is 2.16. The van der Waals surface area contributed by atoms with Crippen LogP contribution < -0.4 is 10.7 Å². The molecule has 2 aromatic rings. The van der Waals surface area contributed by atoms with E-state index in [-0.39, 0.29) is 18.8 Å². The molecule has 24 heavy (non-hydrogen) atoms. The third-order valence-corrected chi connectivity index (χ3v) is 3.85. The Hall–Kier alpha value is -2.09. The number of carbonyl (C=O) groups is 1. The predicted molar refractivity (Wildman–Crippen MR) is 92.2 cm³/mol. The summed E-state index contributed by atoms with van der Waals surface area (Å²) in [6, 6.07) is 3.20. The fourth-order valence-electron chi connectivity index (χ4n) is 2.39. The molecule has 0 bridgehead atoms. The van der Waals surface area contributed by atoms with Gasteiger partial charge in [-0.2, -0.15) is 0 Å². The van der Waals surface area contributed by atoms with E-state index in [1.54, 1.807) is 16.7 Å². The molecule has 0 atom stereocenters. The van der Waals surface area contributed by atoms with Crippen molar-refractivity contribution in [1.82, 2.24) is 4.57 Å².